The second-order valence-electron chi connectivity index (χ2n) is 4.64. The second kappa shape index (κ2) is 5.27. The van der Waals surface area contributed by atoms with Gasteiger partial charge in [0.15, 0.2) is 0 Å². The van der Waals surface area contributed by atoms with E-state index >= 15 is 0 Å². The molecule has 1 fully saturated rings. The van der Waals surface area contributed by atoms with Gasteiger partial charge < -0.3 is 19.8 Å². The van der Waals surface area contributed by atoms with Crippen LogP contribution in [0.15, 0.2) is 30.3 Å². The van der Waals surface area contributed by atoms with Crippen LogP contribution in [0.1, 0.15) is 5.56 Å². The number of benzene rings is 1. The predicted molar refractivity (Wildman–Crippen MR) is 65.4 cm³/mol. The molecule has 0 atom stereocenters. The van der Waals surface area contributed by atoms with Gasteiger partial charge in [-0.2, -0.15) is 0 Å². The summed E-state index contributed by atoms with van der Waals surface area (Å²) in [6.07, 6.45) is -0.561. The Labute approximate surface area is 110 Å². The molecule has 102 valence electrons. The number of carboxylic acids is 1. The number of carbonyl (C=O) groups excluding carboxylic acids is 1. The summed E-state index contributed by atoms with van der Waals surface area (Å²) in [5.74, 6) is -1.10. The number of amides is 1. The summed E-state index contributed by atoms with van der Waals surface area (Å²) in [5, 5.41) is 18.0. The van der Waals surface area contributed by atoms with E-state index in [1.54, 1.807) is 0 Å². The molecule has 19 heavy (non-hydrogen) atoms. The number of rotatable bonds is 4. The standard InChI is InChI=1S/C13H15NO5/c15-9-13(11(16)17)7-14(8-13)12(18)19-6-10-4-2-1-3-5-10/h1-5,15H,6-9H2,(H,16,17). The van der Waals surface area contributed by atoms with E-state index < -0.39 is 24.1 Å². The average Bonchev–Trinajstić information content (AvgIpc) is 2.36. The molecule has 1 heterocycles. The van der Waals surface area contributed by atoms with Crippen molar-refractivity contribution in [3.63, 3.8) is 0 Å². The minimum absolute atomic E-state index is 0.0214. The Hall–Kier alpha value is -2.08. The summed E-state index contributed by atoms with van der Waals surface area (Å²) in [6.45, 7) is -0.376. The van der Waals surface area contributed by atoms with E-state index in [4.69, 9.17) is 14.9 Å². The van der Waals surface area contributed by atoms with Crippen LogP contribution in [0.3, 0.4) is 0 Å². The number of ether oxygens (including phenoxy) is 1. The fraction of sp³-hybridized carbons (Fsp3) is 0.385. The molecular weight excluding hydrogens is 250 g/mol. The van der Waals surface area contributed by atoms with Crippen molar-refractivity contribution in [3.8, 4) is 0 Å². The van der Waals surface area contributed by atoms with Crippen LogP contribution in [-0.4, -0.2) is 46.9 Å². The summed E-state index contributed by atoms with van der Waals surface area (Å²) < 4.78 is 5.06. The summed E-state index contributed by atoms with van der Waals surface area (Å²) >= 11 is 0. The van der Waals surface area contributed by atoms with Gasteiger partial charge in [0.25, 0.3) is 0 Å². The van der Waals surface area contributed by atoms with Gasteiger partial charge >= 0.3 is 12.1 Å². The van der Waals surface area contributed by atoms with Crippen molar-refractivity contribution in [3.05, 3.63) is 35.9 Å². The second-order valence-corrected chi connectivity index (χ2v) is 4.64. The molecule has 0 spiro atoms. The zero-order valence-corrected chi connectivity index (χ0v) is 10.3. The van der Waals surface area contributed by atoms with Crippen LogP contribution in [0, 0.1) is 5.41 Å². The van der Waals surface area contributed by atoms with Crippen LogP contribution in [0.5, 0.6) is 0 Å². The number of hydrogen-bond donors (Lipinski definition) is 2. The van der Waals surface area contributed by atoms with Crippen LogP contribution < -0.4 is 0 Å². The molecule has 1 aliphatic rings. The smallest absolute Gasteiger partial charge is 0.410 e. The van der Waals surface area contributed by atoms with Crippen LogP contribution in [0.2, 0.25) is 0 Å². The van der Waals surface area contributed by atoms with Crippen molar-refractivity contribution in [2.45, 2.75) is 6.61 Å². The van der Waals surface area contributed by atoms with Crippen molar-refractivity contribution in [1.82, 2.24) is 4.90 Å². The number of aliphatic carboxylic acids is 1. The van der Waals surface area contributed by atoms with E-state index in [0.29, 0.717) is 0 Å². The zero-order chi connectivity index (χ0) is 13.9. The number of nitrogens with zero attached hydrogens (tertiary/aromatic N) is 1. The van der Waals surface area contributed by atoms with Crippen molar-refractivity contribution in [2.24, 2.45) is 5.41 Å². The van der Waals surface area contributed by atoms with E-state index in [9.17, 15) is 9.59 Å². The van der Waals surface area contributed by atoms with Gasteiger partial charge in [-0.3, -0.25) is 4.79 Å². The summed E-state index contributed by atoms with van der Waals surface area (Å²) in [4.78, 5) is 23.9. The largest absolute Gasteiger partial charge is 0.481 e. The van der Waals surface area contributed by atoms with Crippen LogP contribution in [-0.2, 0) is 16.1 Å². The Morgan fingerprint density at radius 3 is 2.42 bits per heavy atom. The quantitative estimate of drug-likeness (QED) is 0.837. The van der Waals surface area contributed by atoms with E-state index in [2.05, 4.69) is 0 Å². The maximum absolute atomic E-state index is 11.7. The fourth-order valence-corrected chi connectivity index (χ4v) is 1.93. The third kappa shape index (κ3) is 2.68. The van der Waals surface area contributed by atoms with Gasteiger partial charge in [-0.05, 0) is 5.56 Å². The molecule has 6 nitrogen and oxygen atoms in total. The lowest BCUT2D eigenvalue weighted by atomic mass is 9.81. The number of likely N-dealkylation sites (tertiary alicyclic amines) is 1. The Bertz CT molecular complexity index is 467. The average molecular weight is 265 g/mol. The Kier molecular flexibility index (Phi) is 3.71. The topological polar surface area (TPSA) is 87.1 Å². The summed E-state index contributed by atoms with van der Waals surface area (Å²) in [5.41, 5.74) is -0.366. The van der Waals surface area contributed by atoms with Crippen LogP contribution >= 0.6 is 0 Å². The van der Waals surface area contributed by atoms with Gasteiger partial charge in [-0.25, -0.2) is 4.79 Å². The molecule has 1 aromatic rings. The molecule has 2 rings (SSSR count). The highest BCUT2D eigenvalue weighted by Gasteiger charge is 2.51. The van der Waals surface area contributed by atoms with E-state index in [1.807, 2.05) is 30.3 Å². The zero-order valence-electron chi connectivity index (χ0n) is 10.3. The first-order chi connectivity index (χ1) is 9.07. The van der Waals surface area contributed by atoms with Gasteiger partial charge in [0.05, 0.1) is 6.61 Å². The molecule has 1 aliphatic heterocycles. The molecule has 1 saturated heterocycles. The lowest BCUT2D eigenvalue weighted by Gasteiger charge is -2.44. The van der Waals surface area contributed by atoms with Crippen molar-refractivity contribution >= 4 is 12.1 Å². The number of carboxylic acid groups (broad SMARTS) is 1. The van der Waals surface area contributed by atoms with Gasteiger partial charge in [-0.15, -0.1) is 0 Å². The number of aliphatic hydroxyl groups is 1. The normalized spacial score (nSPS) is 16.6. The first-order valence-corrected chi connectivity index (χ1v) is 5.87. The first kappa shape index (κ1) is 13.4. The molecule has 0 unspecified atom stereocenters. The van der Waals surface area contributed by atoms with Crippen molar-refractivity contribution in [1.29, 1.82) is 0 Å². The minimum Gasteiger partial charge on any atom is -0.481 e. The minimum atomic E-state index is -1.23. The van der Waals surface area contributed by atoms with Crippen molar-refractivity contribution in [2.75, 3.05) is 19.7 Å². The molecule has 6 heteroatoms. The molecule has 0 aromatic heterocycles. The molecule has 0 saturated carbocycles. The number of aliphatic hydroxyl groups excluding tert-OH is 1. The van der Waals surface area contributed by atoms with Crippen LogP contribution in [0.4, 0.5) is 4.79 Å². The highest BCUT2D eigenvalue weighted by molar-refractivity contribution is 5.80. The lowest BCUT2D eigenvalue weighted by molar-refractivity contribution is -0.163. The SMILES string of the molecule is O=C(OCc1ccccc1)N1CC(CO)(C(=O)O)C1. The number of carbonyl (C=O) groups is 2. The Morgan fingerprint density at radius 1 is 1.26 bits per heavy atom. The Balaban J connectivity index is 1.82. The third-order valence-corrected chi connectivity index (χ3v) is 3.21. The van der Waals surface area contributed by atoms with Gasteiger partial charge in [0.1, 0.15) is 12.0 Å². The highest BCUT2D eigenvalue weighted by atomic mass is 16.6. The van der Waals surface area contributed by atoms with Crippen LogP contribution in [0.25, 0.3) is 0 Å². The molecule has 1 aromatic carbocycles. The van der Waals surface area contributed by atoms with E-state index in [-0.39, 0.29) is 19.7 Å². The molecule has 2 N–H and O–H groups in total. The molecular formula is C13H15NO5. The van der Waals surface area contributed by atoms with E-state index in [1.165, 1.54) is 4.90 Å². The van der Waals surface area contributed by atoms with Gasteiger partial charge in [0, 0.05) is 13.1 Å². The monoisotopic (exact) mass is 265 g/mol. The highest BCUT2D eigenvalue weighted by Crippen LogP contribution is 2.30. The maximum Gasteiger partial charge on any atom is 0.410 e. The molecule has 1 amide bonds. The molecule has 0 aliphatic carbocycles. The van der Waals surface area contributed by atoms with E-state index in [0.717, 1.165) is 5.56 Å². The third-order valence-electron chi connectivity index (χ3n) is 3.21. The van der Waals surface area contributed by atoms with Crippen molar-refractivity contribution < 1.29 is 24.5 Å². The summed E-state index contributed by atoms with van der Waals surface area (Å²) in [6, 6.07) is 9.21. The first-order valence-electron chi connectivity index (χ1n) is 5.87. The molecule has 0 bridgehead atoms. The van der Waals surface area contributed by atoms with Gasteiger partial charge in [0.2, 0.25) is 0 Å². The predicted octanol–water partition coefficient (Wildman–Crippen LogP) is 0.702. The van der Waals surface area contributed by atoms with Gasteiger partial charge in [-0.1, -0.05) is 30.3 Å². The maximum atomic E-state index is 11.7. The fourth-order valence-electron chi connectivity index (χ4n) is 1.93. The number of hydrogen-bond acceptors (Lipinski definition) is 4. The Morgan fingerprint density at radius 2 is 1.89 bits per heavy atom. The lowest BCUT2D eigenvalue weighted by Crippen LogP contribution is -2.64. The molecule has 0 radical (unpaired) electrons. The summed E-state index contributed by atoms with van der Waals surface area (Å²) in [7, 11) is 0.